The molecular formula is C18H22BrCl2NO3. The molecule has 2 aromatic rings. The van der Waals surface area contributed by atoms with Crippen LogP contribution in [-0.2, 0) is 17.9 Å². The van der Waals surface area contributed by atoms with Crippen LogP contribution in [0.4, 0.5) is 0 Å². The first-order valence-corrected chi connectivity index (χ1v) is 8.75. The monoisotopic (exact) mass is 449 g/mol. The summed E-state index contributed by atoms with van der Waals surface area (Å²) >= 11 is 9.73. The molecule has 0 aliphatic heterocycles. The van der Waals surface area contributed by atoms with Crippen molar-refractivity contribution in [3.05, 3.63) is 57.0 Å². The number of ether oxygens (including phenoxy) is 3. The zero-order valence-corrected chi connectivity index (χ0v) is 17.3. The van der Waals surface area contributed by atoms with Gasteiger partial charge in [-0.3, -0.25) is 0 Å². The molecule has 4 nitrogen and oxygen atoms in total. The Morgan fingerprint density at radius 1 is 1.16 bits per heavy atom. The van der Waals surface area contributed by atoms with Gasteiger partial charge in [0.15, 0.2) is 11.5 Å². The fourth-order valence-electron chi connectivity index (χ4n) is 2.19. The van der Waals surface area contributed by atoms with Gasteiger partial charge in [0.1, 0.15) is 6.61 Å². The molecule has 0 fully saturated rings. The van der Waals surface area contributed by atoms with Gasteiger partial charge in [0.05, 0.1) is 18.2 Å². The third-order valence-electron chi connectivity index (χ3n) is 3.43. The van der Waals surface area contributed by atoms with E-state index in [2.05, 4.69) is 21.2 Å². The normalized spacial score (nSPS) is 10.2. The van der Waals surface area contributed by atoms with Crippen molar-refractivity contribution in [3.8, 4) is 11.5 Å². The first-order chi connectivity index (χ1) is 11.7. The van der Waals surface area contributed by atoms with E-state index in [0.29, 0.717) is 29.7 Å². The second kappa shape index (κ2) is 11.6. The Morgan fingerprint density at radius 2 is 1.92 bits per heavy atom. The number of hydrogen-bond acceptors (Lipinski definition) is 4. The molecule has 0 saturated heterocycles. The van der Waals surface area contributed by atoms with Crippen LogP contribution in [0.25, 0.3) is 0 Å². The third kappa shape index (κ3) is 6.68. The molecule has 0 amide bonds. The van der Waals surface area contributed by atoms with Crippen molar-refractivity contribution in [2.75, 3.05) is 27.4 Å². The van der Waals surface area contributed by atoms with Gasteiger partial charge in [-0.15, -0.1) is 12.4 Å². The van der Waals surface area contributed by atoms with E-state index in [1.54, 1.807) is 14.2 Å². The number of rotatable bonds is 9. The lowest BCUT2D eigenvalue weighted by atomic mass is 10.2. The predicted octanol–water partition coefficient (Wildman–Crippen LogP) is 4.85. The van der Waals surface area contributed by atoms with Gasteiger partial charge in [0.25, 0.3) is 0 Å². The van der Waals surface area contributed by atoms with Crippen LogP contribution in [0.1, 0.15) is 11.1 Å². The van der Waals surface area contributed by atoms with Gasteiger partial charge in [-0.2, -0.15) is 0 Å². The van der Waals surface area contributed by atoms with E-state index in [0.717, 1.165) is 28.7 Å². The van der Waals surface area contributed by atoms with Crippen LogP contribution in [0, 0.1) is 0 Å². The summed E-state index contributed by atoms with van der Waals surface area (Å²) in [6, 6.07) is 11.6. The minimum Gasteiger partial charge on any atom is -0.493 e. The van der Waals surface area contributed by atoms with E-state index in [9.17, 15) is 0 Å². The van der Waals surface area contributed by atoms with E-state index in [1.807, 2.05) is 36.4 Å². The standard InChI is InChI=1S/C18H21BrClNO3.ClH/c1-22-8-7-21-11-13-9-15(19)18(17(10-13)23-2)24-12-14-5-3-4-6-16(14)20;/h3-6,9-10,21H,7-8,11-12H2,1-2H3;1H. The summed E-state index contributed by atoms with van der Waals surface area (Å²) in [6.45, 7) is 2.57. The van der Waals surface area contributed by atoms with Crippen molar-refractivity contribution in [1.29, 1.82) is 0 Å². The quantitative estimate of drug-likeness (QED) is 0.554. The molecule has 0 aliphatic carbocycles. The Bertz CT molecular complexity index is 671. The largest absolute Gasteiger partial charge is 0.493 e. The number of nitrogens with one attached hydrogen (secondary N) is 1. The Hall–Kier alpha value is -0.980. The van der Waals surface area contributed by atoms with Gasteiger partial charge in [0.2, 0.25) is 0 Å². The van der Waals surface area contributed by atoms with Crippen molar-refractivity contribution >= 4 is 39.9 Å². The molecule has 138 valence electrons. The number of hydrogen-bond donors (Lipinski definition) is 1. The van der Waals surface area contributed by atoms with Crippen LogP contribution in [0.2, 0.25) is 5.02 Å². The lowest BCUT2D eigenvalue weighted by molar-refractivity contribution is 0.199. The van der Waals surface area contributed by atoms with Gasteiger partial charge >= 0.3 is 0 Å². The van der Waals surface area contributed by atoms with E-state index < -0.39 is 0 Å². The van der Waals surface area contributed by atoms with Crippen molar-refractivity contribution < 1.29 is 14.2 Å². The van der Waals surface area contributed by atoms with Gasteiger partial charge in [-0.1, -0.05) is 29.8 Å². The molecule has 25 heavy (non-hydrogen) atoms. The average Bonchev–Trinajstić information content (AvgIpc) is 2.58. The van der Waals surface area contributed by atoms with Crippen LogP contribution in [-0.4, -0.2) is 27.4 Å². The van der Waals surface area contributed by atoms with E-state index in [4.69, 9.17) is 25.8 Å². The second-order valence-corrected chi connectivity index (χ2v) is 6.42. The number of methoxy groups -OCH3 is 2. The van der Waals surface area contributed by atoms with E-state index >= 15 is 0 Å². The minimum atomic E-state index is 0. The molecule has 2 aromatic carbocycles. The van der Waals surface area contributed by atoms with E-state index in [-0.39, 0.29) is 12.4 Å². The fraction of sp³-hybridized carbons (Fsp3) is 0.333. The summed E-state index contributed by atoms with van der Waals surface area (Å²) in [5.41, 5.74) is 2.03. The Balaban J connectivity index is 0.00000312. The van der Waals surface area contributed by atoms with Crippen molar-refractivity contribution in [1.82, 2.24) is 5.32 Å². The summed E-state index contributed by atoms with van der Waals surface area (Å²) in [6.07, 6.45) is 0. The summed E-state index contributed by atoms with van der Waals surface area (Å²) < 4.78 is 17.3. The maximum absolute atomic E-state index is 6.17. The molecule has 2 rings (SSSR count). The van der Waals surface area contributed by atoms with Crippen LogP contribution in [0.15, 0.2) is 40.9 Å². The van der Waals surface area contributed by atoms with Gasteiger partial charge in [-0.25, -0.2) is 0 Å². The van der Waals surface area contributed by atoms with Crippen molar-refractivity contribution in [2.24, 2.45) is 0 Å². The summed E-state index contributed by atoms with van der Waals surface area (Å²) in [4.78, 5) is 0. The molecule has 0 aromatic heterocycles. The molecule has 0 unspecified atom stereocenters. The molecule has 0 aliphatic rings. The smallest absolute Gasteiger partial charge is 0.175 e. The van der Waals surface area contributed by atoms with Crippen molar-refractivity contribution in [2.45, 2.75) is 13.2 Å². The summed E-state index contributed by atoms with van der Waals surface area (Å²) in [5.74, 6) is 1.35. The van der Waals surface area contributed by atoms with Crippen LogP contribution >= 0.6 is 39.9 Å². The zero-order valence-electron chi connectivity index (χ0n) is 14.2. The maximum Gasteiger partial charge on any atom is 0.175 e. The molecule has 0 spiro atoms. The molecule has 0 atom stereocenters. The third-order valence-corrected chi connectivity index (χ3v) is 4.39. The average molecular weight is 451 g/mol. The van der Waals surface area contributed by atoms with Gasteiger partial charge in [0, 0.05) is 30.8 Å². The molecule has 1 N–H and O–H groups in total. The van der Waals surface area contributed by atoms with Gasteiger partial charge in [-0.05, 0) is 39.7 Å². The second-order valence-electron chi connectivity index (χ2n) is 5.16. The fourth-order valence-corrected chi connectivity index (χ4v) is 2.98. The molecule has 0 saturated carbocycles. The highest BCUT2D eigenvalue weighted by atomic mass is 79.9. The Labute approximate surface area is 168 Å². The topological polar surface area (TPSA) is 39.7 Å². The molecule has 0 heterocycles. The van der Waals surface area contributed by atoms with E-state index in [1.165, 1.54) is 0 Å². The lowest BCUT2D eigenvalue weighted by Gasteiger charge is -2.15. The van der Waals surface area contributed by atoms with Crippen molar-refractivity contribution in [3.63, 3.8) is 0 Å². The highest BCUT2D eigenvalue weighted by molar-refractivity contribution is 9.10. The maximum atomic E-state index is 6.17. The first-order valence-electron chi connectivity index (χ1n) is 7.58. The summed E-state index contributed by atoms with van der Waals surface area (Å²) in [7, 11) is 3.32. The number of halogens is 3. The molecule has 0 bridgehead atoms. The van der Waals surface area contributed by atoms with Crippen LogP contribution in [0.5, 0.6) is 11.5 Å². The first kappa shape index (κ1) is 22.1. The molecule has 7 heteroatoms. The molecule has 0 radical (unpaired) electrons. The highest BCUT2D eigenvalue weighted by Gasteiger charge is 2.12. The summed E-state index contributed by atoms with van der Waals surface area (Å²) in [5, 5.41) is 3.99. The Morgan fingerprint density at radius 3 is 2.60 bits per heavy atom. The van der Waals surface area contributed by atoms with Crippen LogP contribution < -0.4 is 14.8 Å². The zero-order chi connectivity index (χ0) is 17.4. The Kier molecular flexibility index (Phi) is 10.2. The SMILES string of the molecule is COCCNCc1cc(Br)c(OCc2ccccc2Cl)c(OC)c1.Cl. The van der Waals surface area contributed by atoms with Gasteiger partial charge < -0.3 is 19.5 Å². The minimum absolute atomic E-state index is 0. The number of benzene rings is 2. The highest BCUT2D eigenvalue weighted by Crippen LogP contribution is 2.37. The van der Waals surface area contributed by atoms with Crippen LogP contribution in [0.3, 0.4) is 0 Å². The molecular weight excluding hydrogens is 429 g/mol. The lowest BCUT2D eigenvalue weighted by Crippen LogP contribution is -2.18. The predicted molar refractivity (Wildman–Crippen MR) is 107 cm³/mol.